The number of likely N-dealkylation sites (N-methyl/N-ethyl adjacent to an activating group) is 1. The van der Waals surface area contributed by atoms with E-state index in [-0.39, 0.29) is 0 Å². The number of para-hydroxylation sites is 1. The van der Waals surface area contributed by atoms with Gasteiger partial charge in [-0.15, -0.1) is 0 Å². The Morgan fingerprint density at radius 2 is 1.95 bits per heavy atom. The summed E-state index contributed by atoms with van der Waals surface area (Å²) in [6, 6.07) is 8.47. The highest BCUT2D eigenvalue weighted by atomic mass is 35.5. The van der Waals surface area contributed by atoms with Crippen LogP contribution in [-0.2, 0) is 6.54 Å². The van der Waals surface area contributed by atoms with E-state index in [0.29, 0.717) is 17.2 Å². The molecule has 1 heterocycles. The highest BCUT2D eigenvalue weighted by molar-refractivity contribution is 6.30. The molecule has 20 heavy (non-hydrogen) atoms. The highest BCUT2D eigenvalue weighted by Crippen LogP contribution is 2.29. The molecule has 0 aliphatic carbocycles. The van der Waals surface area contributed by atoms with Gasteiger partial charge in [0.25, 0.3) is 0 Å². The molecule has 0 aliphatic rings. The first-order valence-electron chi connectivity index (χ1n) is 7.03. The number of rotatable bonds is 6. The van der Waals surface area contributed by atoms with Crippen LogP contribution in [0.3, 0.4) is 0 Å². The third-order valence-corrected chi connectivity index (χ3v) is 4.04. The average Bonchev–Trinajstić information content (AvgIpc) is 2.69. The summed E-state index contributed by atoms with van der Waals surface area (Å²) in [5, 5.41) is 5.08. The van der Waals surface area contributed by atoms with Gasteiger partial charge in [-0.2, -0.15) is 0 Å². The molecule has 1 aromatic carbocycles. The standard InChI is InChI=1S/C16H23ClN2O/c1-11(2)14(19(3)4)10-18-9-13-12-7-5-6-8-15(12)20-16(13)17/h5-8,11,14,18H,9-10H2,1-4H3. The molecule has 1 unspecified atom stereocenters. The minimum atomic E-state index is 0.490. The van der Waals surface area contributed by atoms with Crippen molar-refractivity contribution in [3.05, 3.63) is 35.0 Å². The molecule has 110 valence electrons. The van der Waals surface area contributed by atoms with Crippen molar-refractivity contribution in [1.29, 1.82) is 0 Å². The molecule has 2 rings (SSSR count). The molecular weight excluding hydrogens is 272 g/mol. The zero-order valence-electron chi connectivity index (χ0n) is 12.6. The van der Waals surface area contributed by atoms with E-state index in [1.807, 2.05) is 24.3 Å². The molecule has 1 atom stereocenters. The fourth-order valence-corrected chi connectivity index (χ4v) is 2.85. The SMILES string of the molecule is CC(C)C(CNCc1c(Cl)oc2ccccc12)N(C)C. The van der Waals surface area contributed by atoms with E-state index >= 15 is 0 Å². The summed E-state index contributed by atoms with van der Waals surface area (Å²) in [5.74, 6) is 0.606. The largest absolute Gasteiger partial charge is 0.444 e. The van der Waals surface area contributed by atoms with Crippen molar-refractivity contribution in [1.82, 2.24) is 10.2 Å². The van der Waals surface area contributed by atoms with Crippen LogP contribution in [0.15, 0.2) is 28.7 Å². The van der Waals surface area contributed by atoms with Crippen LogP contribution >= 0.6 is 11.6 Å². The van der Waals surface area contributed by atoms with E-state index in [1.54, 1.807) is 0 Å². The van der Waals surface area contributed by atoms with Crippen molar-refractivity contribution in [2.75, 3.05) is 20.6 Å². The Morgan fingerprint density at radius 3 is 2.60 bits per heavy atom. The van der Waals surface area contributed by atoms with Crippen molar-refractivity contribution in [3.63, 3.8) is 0 Å². The number of hydrogen-bond acceptors (Lipinski definition) is 3. The molecule has 0 aliphatic heterocycles. The average molecular weight is 295 g/mol. The molecule has 0 amide bonds. The van der Waals surface area contributed by atoms with Crippen LogP contribution in [0.25, 0.3) is 11.0 Å². The lowest BCUT2D eigenvalue weighted by Crippen LogP contribution is -2.41. The van der Waals surface area contributed by atoms with Crippen LogP contribution in [0.2, 0.25) is 5.22 Å². The summed E-state index contributed by atoms with van der Waals surface area (Å²) >= 11 is 6.19. The number of hydrogen-bond donors (Lipinski definition) is 1. The summed E-state index contributed by atoms with van der Waals surface area (Å²) < 4.78 is 5.57. The molecule has 0 saturated carbocycles. The third-order valence-electron chi connectivity index (χ3n) is 3.74. The fourth-order valence-electron chi connectivity index (χ4n) is 2.59. The van der Waals surface area contributed by atoms with Crippen molar-refractivity contribution >= 4 is 22.6 Å². The monoisotopic (exact) mass is 294 g/mol. The van der Waals surface area contributed by atoms with Gasteiger partial charge in [-0.1, -0.05) is 32.0 Å². The smallest absolute Gasteiger partial charge is 0.199 e. The second-order valence-electron chi connectivity index (χ2n) is 5.76. The predicted molar refractivity (Wildman–Crippen MR) is 85.2 cm³/mol. The van der Waals surface area contributed by atoms with Crippen LogP contribution in [-0.4, -0.2) is 31.6 Å². The van der Waals surface area contributed by atoms with Gasteiger partial charge in [0.2, 0.25) is 0 Å². The van der Waals surface area contributed by atoms with Crippen LogP contribution < -0.4 is 5.32 Å². The molecule has 0 bridgehead atoms. The van der Waals surface area contributed by atoms with Crippen LogP contribution in [0.4, 0.5) is 0 Å². The Bertz CT molecular complexity index is 555. The summed E-state index contributed by atoms with van der Waals surface area (Å²) in [7, 11) is 4.24. The molecule has 0 fully saturated rings. The first kappa shape index (κ1) is 15.4. The summed E-state index contributed by atoms with van der Waals surface area (Å²) in [6.45, 7) is 6.15. The molecule has 0 radical (unpaired) electrons. The second-order valence-corrected chi connectivity index (χ2v) is 6.10. The minimum Gasteiger partial charge on any atom is -0.444 e. The van der Waals surface area contributed by atoms with Crippen molar-refractivity contribution in [2.24, 2.45) is 5.92 Å². The van der Waals surface area contributed by atoms with Gasteiger partial charge >= 0.3 is 0 Å². The quantitative estimate of drug-likeness (QED) is 0.879. The number of halogens is 1. The van der Waals surface area contributed by atoms with Gasteiger partial charge in [0.1, 0.15) is 5.58 Å². The van der Waals surface area contributed by atoms with E-state index in [2.05, 4.69) is 38.2 Å². The molecule has 4 heteroatoms. The van der Waals surface area contributed by atoms with E-state index in [4.69, 9.17) is 16.0 Å². The van der Waals surface area contributed by atoms with Gasteiger partial charge in [0, 0.05) is 30.1 Å². The minimum absolute atomic E-state index is 0.490. The molecule has 1 N–H and O–H groups in total. The Morgan fingerprint density at radius 1 is 1.25 bits per heavy atom. The highest BCUT2D eigenvalue weighted by Gasteiger charge is 2.16. The van der Waals surface area contributed by atoms with E-state index < -0.39 is 0 Å². The van der Waals surface area contributed by atoms with Gasteiger partial charge in [-0.25, -0.2) is 0 Å². The van der Waals surface area contributed by atoms with Gasteiger partial charge in [-0.05, 0) is 37.7 Å². The predicted octanol–water partition coefficient (Wildman–Crippen LogP) is 3.76. The fraction of sp³-hybridized carbons (Fsp3) is 0.500. The molecule has 0 spiro atoms. The summed E-state index contributed by atoms with van der Waals surface area (Å²) in [6.07, 6.45) is 0. The number of nitrogens with one attached hydrogen (secondary N) is 1. The lowest BCUT2D eigenvalue weighted by molar-refractivity contribution is 0.224. The Hall–Kier alpha value is -1.03. The molecular formula is C16H23ClN2O. The van der Waals surface area contributed by atoms with Gasteiger partial charge < -0.3 is 14.6 Å². The van der Waals surface area contributed by atoms with E-state index in [1.165, 1.54) is 0 Å². The summed E-state index contributed by atoms with van der Waals surface area (Å²) in [4.78, 5) is 2.26. The topological polar surface area (TPSA) is 28.4 Å². The zero-order chi connectivity index (χ0) is 14.7. The van der Waals surface area contributed by atoms with Crippen molar-refractivity contribution < 1.29 is 4.42 Å². The second kappa shape index (κ2) is 6.61. The number of furan rings is 1. The maximum Gasteiger partial charge on any atom is 0.199 e. The Labute approximate surface area is 125 Å². The van der Waals surface area contributed by atoms with E-state index in [0.717, 1.165) is 29.6 Å². The maximum absolute atomic E-state index is 6.19. The van der Waals surface area contributed by atoms with Gasteiger partial charge in [0.15, 0.2) is 5.22 Å². The summed E-state index contributed by atoms with van der Waals surface area (Å²) in [5.41, 5.74) is 1.89. The number of benzene rings is 1. The number of nitrogens with zero attached hydrogens (tertiary/aromatic N) is 1. The van der Waals surface area contributed by atoms with Gasteiger partial charge in [-0.3, -0.25) is 0 Å². The van der Waals surface area contributed by atoms with Crippen LogP contribution in [0.1, 0.15) is 19.4 Å². The maximum atomic E-state index is 6.19. The molecule has 2 aromatic rings. The molecule has 1 aromatic heterocycles. The van der Waals surface area contributed by atoms with Crippen molar-refractivity contribution in [3.8, 4) is 0 Å². The van der Waals surface area contributed by atoms with Crippen LogP contribution in [0, 0.1) is 5.92 Å². The van der Waals surface area contributed by atoms with Gasteiger partial charge in [0.05, 0.1) is 0 Å². The third kappa shape index (κ3) is 3.35. The lowest BCUT2D eigenvalue weighted by atomic mass is 10.0. The molecule has 3 nitrogen and oxygen atoms in total. The Balaban J connectivity index is 2.04. The van der Waals surface area contributed by atoms with Crippen molar-refractivity contribution in [2.45, 2.75) is 26.4 Å². The zero-order valence-corrected chi connectivity index (χ0v) is 13.4. The Kier molecular flexibility index (Phi) is 5.08. The van der Waals surface area contributed by atoms with Crippen LogP contribution in [0.5, 0.6) is 0 Å². The lowest BCUT2D eigenvalue weighted by Gasteiger charge is -2.28. The first-order chi connectivity index (χ1) is 9.50. The number of fused-ring (bicyclic) bond motifs is 1. The molecule has 0 saturated heterocycles. The normalized spacial score (nSPS) is 13.6. The first-order valence-corrected chi connectivity index (χ1v) is 7.41. The van der Waals surface area contributed by atoms with E-state index in [9.17, 15) is 0 Å².